The largest absolute Gasteiger partial charge is 0.366 e. The monoisotopic (exact) mass is 255 g/mol. The van der Waals surface area contributed by atoms with E-state index in [1.165, 1.54) is 6.20 Å². The lowest BCUT2D eigenvalue weighted by Crippen LogP contribution is -2.32. The van der Waals surface area contributed by atoms with Crippen LogP contribution >= 0.6 is 0 Å². The van der Waals surface area contributed by atoms with E-state index in [2.05, 4.69) is 46.4 Å². The van der Waals surface area contributed by atoms with Gasteiger partial charge in [0.2, 0.25) is 5.95 Å². The summed E-state index contributed by atoms with van der Waals surface area (Å²) in [6.07, 6.45) is 2.27. The molecule has 1 rings (SSSR count). The van der Waals surface area contributed by atoms with Gasteiger partial charge in [-0.25, -0.2) is 9.37 Å². The topological polar surface area (TPSA) is 53.1 Å². The van der Waals surface area contributed by atoms with E-state index in [4.69, 9.17) is 0 Å². The molecule has 0 radical (unpaired) electrons. The molecule has 6 heteroatoms. The van der Waals surface area contributed by atoms with Crippen LogP contribution < -0.4 is 10.6 Å². The number of aromatic nitrogens is 2. The van der Waals surface area contributed by atoms with E-state index < -0.39 is 5.82 Å². The number of likely N-dealkylation sites (N-methyl/N-ethyl adjacent to an activating group) is 1. The molecule has 1 unspecified atom stereocenters. The Kier molecular flexibility index (Phi) is 5.77. The highest BCUT2D eigenvalue weighted by atomic mass is 19.1. The van der Waals surface area contributed by atoms with Crippen LogP contribution in [0.25, 0.3) is 0 Å². The first kappa shape index (κ1) is 14.6. The van der Waals surface area contributed by atoms with Crippen LogP contribution in [0.15, 0.2) is 6.20 Å². The summed E-state index contributed by atoms with van der Waals surface area (Å²) in [6.45, 7) is 5.81. The number of nitrogens with zero attached hydrogens (tertiary/aromatic N) is 3. The van der Waals surface area contributed by atoms with Gasteiger partial charge in [0, 0.05) is 26.2 Å². The molecule has 0 saturated carbocycles. The normalized spacial score (nSPS) is 12.6. The SMILES string of the molecule is CCC(C)N(C)CCNc1nc(NC)ncc1F. The molecule has 0 aliphatic carbocycles. The molecule has 1 aromatic rings. The predicted octanol–water partition coefficient (Wildman–Crippen LogP) is 1.80. The highest BCUT2D eigenvalue weighted by Crippen LogP contribution is 2.11. The van der Waals surface area contributed by atoms with E-state index in [-0.39, 0.29) is 5.82 Å². The molecule has 0 aromatic carbocycles. The Labute approximate surface area is 108 Å². The molecule has 0 bridgehead atoms. The molecule has 0 fully saturated rings. The first-order valence-corrected chi connectivity index (χ1v) is 6.22. The lowest BCUT2D eigenvalue weighted by atomic mass is 10.2. The summed E-state index contributed by atoms with van der Waals surface area (Å²) >= 11 is 0. The Hall–Kier alpha value is -1.43. The van der Waals surface area contributed by atoms with Gasteiger partial charge < -0.3 is 15.5 Å². The maximum atomic E-state index is 13.4. The third-order valence-electron chi connectivity index (χ3n) is 3.07. The molecule has 0 saturated heterocycles. The van der Waals surface area contributed by atoms with Gasteiger partial charge in [0.15, 0.2) is 11.6 Å². The van der Waals surface area contributed by atoms with Crippen molar-refractivity contribution in [2.24, 2.45) is 0 Å². The highest BCUT2D eigenvalue weighted by molar-refractivity contribution is 5.40. The zero-order valence-corrected chi connectivity index (χ0v) is 11.5. The van der Waals surface area contributed by atoms with Crippen molar-refractivity contribution in [1.82, 2.24) is 14.9 Å². The second-order valence-electron chi connectivity index (χ2n) is 4.30. The van der Waals surface area contributed by atoms with E-state index in [9.17, 15) is 4.39 Å². The third-order valence-corrected chi connectivity index (χ3v) is 3.07. The quantitative estimate of drug-likeness (QED) is 0.778. The van der Waals surface area contributed by atoms with Gasteiger partial charge in [0.25, 0.3) is 0 Å². The number of anilines is 2. The van der Waals surface area contributed by atoms with Gasteiger partial charge in [0.05, 0.1) is 6.20 Å². The minimum absolute atomic E-state index is 0.243. The second-order valence-corrected chi connectivity index (χ2v) is 4.30. The van der Waals surface area contributed by atoms with Crippen molar-refractivity contribution < 1.29 is 4.39 Å². The fourth-order valence-corrected chi connectivity index (χ4v) is 1.49. The average Bonchev–Trinajstić information content (AvgIpc) is 2.39. The van der Waals surface area contributed by atoms with Crippen LogP contribution in [0.2, 0.25) is 0 Å². The zero-order valence-electron chi connectivity index (χ0n) is 11.5. The van der Waals surface area contributed by atoms with E-state index >= 15 is 0 Å². The first-order chi connectivity index (χ1) is 8.58. The second kappa shape index (κ2) is 7.10. The van der Waals surface area contributed by atoms with Crippen molar-refractivity contribution in [3.8, 4) is 0 Å². The van der Waals surface area contributed by atoms with Crippen molar-refractivity contribution in [1.29, 1.82) is 0 Å². The van der Waals surface area contributed by atoms with Gasteiger partial charge in [-0.3, -0.25) is 0 Å². The molecule has 2 N–H and O–H groups in total. The Morgan fingerprint density at radius 3 is 2.83 bits per heavy atom. The van der Waals surface area contributed by atoms with Gasteiger partial charge in [0.1, 0.15) is 0 Å². The first-order valence-electron chi connectivity index (χ1n) is 6.22. The molecular formula is C12H22FN5. The van der Waals surface area contributed by atoms with Gasteiger partial charge >= 0.3 is 0 Å². The molecule has 0 spiro atoms. The molecular weight excluding hydrogens is 233 g/mol. The van der Waals surface area contributed by atoms with Crippen molar-refractivity contribution in [2.45, 2.75) is 26.3 Å². The number of rotatable bonds is 7. The van der Waals surface area contributed by atoms with Crippen LogP contribution in [0.5, 0.6) is 0 Å². The Morgan fingerprint density at radius 2 is 2.22 bits per heavy atom. The Bertz CT molecular complexity index is 371. The van der Waals surface area contributed by atoms with Crippen molar-refractivity contribution >= 4 is 11.8 Å². The minimum atomic E-state index is -0.430. The van der Waals surface area contributed by atoms with Crippen LogP contribution in [0.4, 0.5) is 16.2 Å². The van der Waals surface area contributed by atoms with E-state index in [1.807, 2.05) is 0 Å². The summed E-state index contributed by atoms with van der Waals surface area (Å²) in [5.74, 6) is 0.223. The maximum absolute atomic E-state index is 13.4. The summed E-state index contributed by atoms with van der Waals surface area (Å²) in [5, 5.41) is 5.77. The van der Waals surface area contributed by atoms with Gasteiger partial charge in [-0.05, 0) is 20.4 Å². The third kappa shape index (κ3) is 4.10. The molecule has 1 atom stereocenters. The molecule has 5 nitrogen and oxygen atoms in total. The fourth-order valence-electron chi connectivity index (χ4n) is 1.49. The van der Waals surface area contributed by atoms with Gasteiger partial charge in [-0.1, -0.05) is 6.92 Å². The predicted molar refractivity (Wildman–Crippen MR) is 72.4 cm³/mol. The van der Waals surface area contributed by atoms with E-state index in [0.717, 1.165) is 13.0 Å². The zero-order chi connectivity index (χ0) is 13.5. The van der Waals surface area contributed by atoms with Crippen LogP contribution in [0, 0.1) is 5.82 Å². The van der Waals surface area contributed by atoms with Gasteiger partial charge in [-0.2, -0.15) is 4.98 Å². The van der Waals surface area contributed by atoms with E-state index in [0.29, 0.717) is 18.5 Å². The van der Waals surface area contributed by atoms with Crippen LogP contribution in [-0.4, -0.2) is 48.1 Å². The molecule has 0 amide bonds. The summed E-state index contributed by atoms with van der Waals surface area (Å²) in [5.41, 5.74) is 0. The molecule has 1 heterocycles. The standard InChI is InChI=1S/C12H22FN5/c1-5-9(2)18(4)7-6-15-11-10(13)8-16-12(14-3)17-11/h8-9H,5-7H2,1-4H3,(H2,14,15,16,17). The fraction of sp³-hybridized carbons (Fsp3) is 0.667. The van der Waals surface area contributed by atoms with Crippen molar-refractivity contribution in [2.75, 3.05) is 37.8 Å². The van der Waals surface area contributed by atoms with Crippen molar-refractivity contribution in [3.63, 3.8) is 0 Å². The smallest absolute Gasteiger partial charge is 0.224 e. The van der Waals surface area contributed by atoms with Crippen LogP contribution in [-0.2, 0) is 0 Å². The highest BCUT2D eigenvalue weighted by Gasteiger charge is 2.08. The van der Waals surface area contributed by atoms with Crippen LogP contribution in [0.3, 0.4) is 0 Å². The Balaban J connectivity index is 2.48. The van der Waals surface area contributed by atoms with Gasteiger partial charge in [-0.15, -0.1) is 0 Å². The molecule has 0 aliphatic heterocycles. The molecule has 102 valence electrons. The van der Waals surface area contributed by atoms with Crippen molar-refractivity contribution in [3.05, 3.63) is 12.0 Å². The van der Waals surface area contributed by atoms with Crippen LogP contribution in [0.1, 0.15) is 20.3 Å². The lowest BCUT2D eigenvalue weighted by Gasteiger charge is -2.23. The lowest BCUT2D eigenvalue weighted by molar-refractivity contribution is 0.261. The summed E-state index contributed by atoms with van der Waals surface area (Å²) in [6, 6.07) is 0.523. The Morgan fingerprint density at radius 1 is 1.50 bits per heavy atom. The molecule has 1 aromatic heterocycles. The summed E-state index contributed by atoms with van der Waals surface area (Å²) < 4.78 is 13.4. The number of hydrogen-bond donors (Lipinski definition) is 2. The summed E-state index contributed by atoms with van der Waals surface area (Å²) in [7, 11) is 3.76. The molecule has 18 heavy (non-hydrogen) atoms. The summed E-state index contributed by atoms with van der Waals surface area (Å²) in [4.78, 5) is 10.0. The number of halogens is 1. The average molecular weight is 255 g/mol. The molecule has 0 aliphatic rings. The number of hydrogen-bond acceptors (Lipinski definition) is 5. The maximum Gasteiger partial charge on any atom is 0.224 e. The number of nitrogens with one attached hydrogen (secondary N) is 2. The minimum Gasteiger partial charge on any atom is -0.366 e. The van der Waals surface area contributed by atoms with E-state index in [1.54, 1.807) is 7.05 Å².